The van der Waals surface area contributed by atoms with Crippen LogP contribution in [0.3, 0.4) is 0 Å². The lowest BCUT2D eigenvalue weighted by Gasteiger charge is -2.24. The Labute approximate surface area is 108 Å². The highest BCUT2D eigenvalue weighted by atomic mass is 35.5. The van der Waals surface area contributed by atoms with Crippen molar-refractivity contribution in [3.8, 4) is 0 Å². The molecule has 0 fully saturated rings. The highest BCUT2D eigenvalue weighted by Crippen LogP contribution is 2.30. The van der Waals surface area contributed by atoms with Crippen LogP contribution in [0.1, 0.15) is 38.8 Å². The van der Waals surface area contributed by atoms with Crippen molar-refractivity contribution in [2.45, 2.75) is 33.2 Å². The second-order valence-corrected chi connectivity index (χ2v) is 5.19. The van der Waals surface area contributed by atoms with Crippen LogP contribution in [0.4, 0.5) is 0 Å². The molecule has 1 nitrogen and oxygen atoms in total. The van der Waals surface area contributed by atoms with E-state index in [-0.39, 0.29) is 0 Å². The molecule has 1 atom stereocenters. The molecule has 0 amide bonds. The van der Waals surface area contributed by atoms with Gasteiger partial charge in [-0.25, -0.2) is 0 Å². The average Bonchev–Trinajstić information content (AvgIpc) is 2.20. The van der Waals surface area contributed by atoms with Crippen LogP contribution >= 0.6 is 23.2 Å². The number of hydrogen-bond acceptors (Lipinski definition) is 1. The summed E-state index contributed by atoms with van der Waals surface area (Å²) in [7, 11) is 0. The fourth-order valence-electron chi connectivity index (χ4n) is 1.76. The number of halogens is 2. The van der Waals surface area contributed by atoms with Crippen molar-refractivity contribution in [1.29, 1.82) is 0 Å². The van der Waals surface area contributed by atoms with Gasteiger partial charge in [-0.3, -0.25) is 0 Å². The molecule has 0 aliphatic heterocycles. The average molecular weight is 260 g/mol. The van der Waals surface area contributed by atoms with E-state index in [0.29, 0.717) is 17.0 Å². The lowest BCUT2D eigenvalue weighted by molar-refractivity contribution is 0.413. The fourth-order valence-corrected chi connectivity index (χ4v) is 2.28. The van der Waals surface area contributed by atoms with Gasteiger partial charge in [-0.2, -0.15) is 0 Å². The van der Waals surface area contributed by atoms with Crippen LogP contribution in [0.2, 0.25) is 10.0 Å². The molecule has 3 heteroatoms. The van der Waals surface area contributed by atoms with Crippen LogP contribution in [-0.2, 0) is 0 Å². The minimum Gasteiger partial charge on any atom is -0.310 e. The molecule has 90 valence electrons. The molecule has 0 aromatic heterocycles. The van der Waals surface area contributed by atoms with Crippen LogP contribution in [0.15, 0.2) is 18.2 Å². The lowest BCUT2D eigenvalue weighted by atomic mass is 9.96. The molecular weight excluding hydrogens is 241 g/mol. The number of hydrogen-bond donors (Lipinski definition) is 1. The summed E-state index contributed by atoms with van der Waals surface area (Å²) < 4.78 is 0. The smallest absolute Gasteiger partial charge is 0.0468 e. The molecule has 1 aromatic rings. The maximum Gasteiger partial charge on any atom is 0.0468 e. The van der Waals surface area contributed by atoms with Crippen molar-refractivity contribution in [3.05, 3.63) is 33.8 Å². The Kier molecular flexibility index (Phi) is 5.60. The molecule has 0 heterocycles. The van der Waals surface area contributed by atoms with Crippen molar-refractivity contribution >= 4 is 23.2 Å². The molecule has 1 rings (SSSR count). The van der Waals surface area contributed by atoms with E-state index < -0.39 is 0 Å². The van der Waals surface area contributed by atoms with Crippen LogP contribution in [0, 0.1) is 5.92 Å². The highest BCUT2D eigenvalue weighted by molar-refractivity contribution is 6.35. The van der Waals surface area contributed by atoms with Crippen LogP contribution in [0.25, 0.3) is 0 Å². The second-order valence-electron chi connectivity index (χ2n) is 4.34. The Hall–Kier alpha value is -0.240. The first-order chi connectivity index (χ1) is 7.56. The Morgan fingerprint density at radius 3 is 2.44 bits per heavy atom. The summed E-state index contributed by atoms with van der Waals surface area (Å²) in [5.41, 5.74) is 1.13. The zero-order valence-electron chi connectivity index (χ0n) is 10.1. The largest absolute Gasteiger partial charge is 0.310 e. The van der Waals surface area contributed by atoms with Gasteiger partial charge in [0.15, 0.2) is 0 Å². The van der Waals surface area contributed by atoms with Gasteiger partial charge in [-0.1, -0.05) is 50.0 Å². The number of rotatable bonds is 5. The summed E-state index contributed by atoms with van der Waals surface area (Å²) in [6, 6.07) is 6.01. The number of benzene rings is 1. The molecular formula is C13H19Cl2N. The van der Waals surface area contributed by atoms with E-state index in [2.05, 4.69) is 26.1 Å². The van der Waals surface area contributed by atoms with E-state index in [1.807, 2.05) is 12.1 Å². The summed E-state index contributed by atoms with van der Waals surface area (Å²) >= 11 is 12.1. The predicted octanol–water partition coefficient (Wildman–Crippen LogP) is 4.69. The molecule has 0 aliphatic rings. The van der Waals surface area contributed by atoms with Crippen molar-refractivity contribution in [2.75, 3.05) is 6.54 Å². The number of nitrogens with one attached hydrogen (secondary N) is 1. The third kappa shape index (κ3) is 3.65. The molecule has 0 spiro atoms. The highest BCUT2D eigenvalue weighted by Gasteiger charge is 2.17. The first-order valence-electron chi connectivity index (χ1n) is 5.74. The zero-order chi connectivity index (χ0) is 12.1. The third-order valence-corrected chi connectivity index (χ3v) is 3.14. The van der Waals surface area contributed by atoms with E-state index in [0.717, 1.165) is 23.6 Å². The van der Waals surface area contributed by atoms with Gasteiger partial charge in [0.1, 0.15) is 0 Å². The topological polar surface area (TPSA) is 12.0 Å². The van der Waals surface area contributed by atoms with E-state index in [4.69, 9.17) is 23.2 Å². The molecule has 0 aliphatic carbocycles. The molecule has 0 saturated carbocycles. The Balaban J connectivity index is 2.92. The maximum atomic E-state index is 6.22. The summed E-state index contributed by atoms with van der Waals surface area (Å²) in [6.45, 7) is 7.55. The van der Waals surface area contributed by atoms with Gasteiger partial charge in [0.2, 0.25) is 0 Å². The summed E-state index contributed by atoms with van der Waals surface area (Å²) in [6.07, 6.45) is 1.12. The predicted molar refractivity (Wildman–Crippen MR) is 72.3 cm³/mol. The van der Waals surface area contributed by atoms with Gasteiger partial charge in [0, 0.05) is 16.1 Å². The van der Waals surface area contributed by atoms with Gasteiger partial charge >= 0.3 is 0 Å². The summed E-state index contributed by atoms with van der Waals surface area (Å²) in [5, 5.41) is 4.95. The standard InChI is InChI=1S/C13H19Cl2N/c1-4-7-16-13(9(2)3)11-6-5-10(14)8-12(11)15/h5-6,8-9,13,16H,4,7H2,1-3H3. The van der Waals surface area contributed by atoms with Crippen molar-refractivity contribution < 1.29 is 0 Å². The summed E-state index contributed by atoms with van der Waals surface area (Å²) in [4.78, 5) is 0. The molecule has 0 saturated heterocycles. The molecule has 0 bridgehead atoms. The van der Waals surface area contributed by atoms with Crippen molar-refractivity contribution in [1.82, 2.24) is 5.32 Å². The van der Waals surface area contributed by atoms with Gasteiger partial charge in [-0.05, 0) is 36.6 Å². The first-order valence-corrected chi connectivity index (χ1v) is 6.50. The molecule has 0 radical (unpaired) electrons. The van der Waals surface area contributed by atoms with E-state index in [1.165, 1.54) is 0 Å². The van der Waals surface area contributed by atoms with Crippen molar-refractivity contribution in [3.63, 3.8) is 0 Å². The zero-order valence-corrected chi connectivity index (χ0v) is 11.6. The first kappa shape index (κ1) is 13.8. The van der Waals surface area contributed by atoms with Gasteiger partial charge in [0.25, 0.3) is 0 Å². The quantitative estimate of drug-likeness (QED) is 0.809. The normalized spacial score (nSPS) is 13.1. The van der Waals surface area contributed by atoms with Gasteiger partial charge < -0.3 is 5.32 Å². The Morgan fingerprint density at radius 1 is 1.25 bits per heavy atom. The SMILES string of the molecule is CCCNC(c1ccc(Cl)cc1Cl)C(C)C. The third-order valence-electron chi connectivity index (χ3n) is 2.58. The lowest BCUT2D eigenvalue weighted by Crippen LogP contribution is -2.26. The Bertz CT molecular complexity index is 337. The molecule has 16 heavy (non-hydrogen) atoms. The van der Waals surface area contributed by atoms with Crippen molar-refractivity contribution in [2.24, 2.45) is 5.92 Å². The minimum atomic E-state index is 0.296. The monoisotopic (exact) mass is 259 g/mol. The maximum absolute atomic E-state index is 6.22. The summed E-state index contributed by atoms with van der Waals surface area (Å²) in [5.74, 6) is 0.505. The van der Waals surface area contributed by atoms with Crippen LogP contribution in [0.5, 0.6) is 0 Å². The van der Waals surface area contributed by atoms with Gasteiger partial charge in [0.05, 0.1) is 0 Å². The van der Waals surface area contributed by atoms with E-state index in [9.17, 15) is 0 Å². The molecule has 1 unspecified atom stereocenters. The van der Waals surface area contributed by atoms with E-state index >= 15 is 0 Å². The Morgan fingerprint density at radius 2 is 1.94 bits per heavy atom. The molecule has 1 N–H and O–H groups in total. The molecule has 1 aromatic carbocycles. The second kappa shape index (κ2) is 6.48. The van der Waals surface area contributed by atoms with E-state index in [1.54, 1.807) is 6.07 Å². The minimum absolute atomic E-state index is 0.296. The fraction of sp³-hybridized carbons (Fsp3) is 0.538. The van der Waals surface area contributed by atoms with Crippen LogP contribution < -0.4 is 5.32 Å². The van der Waals surface area contributed by atoms with Crippen LogP contribution in [-0.4, -0.2) is 6.54 Å². The van der Waals surface area contributed by atoms with Gasteiger partial charge in [-0.15, -0.1) is 0 Å².